The second-order valence-electron chi connectivity index (χ2n) is 5.80. The minimum absolute atomic E-state index is 0.313. The molecule has 0 saturated carbocycles. The molecular formula is C21H22N2. The van der Waals surface area contributed by atoms with Crippen molar-refractivity contribution in [2.45, 2.75) is 19.3 Å². The maximum atomic E-state index is 4.58. The lowest BCUT2D eigenvalue weighted by Gasteiger charge is -2.18. The molecule has 0 aliphatic rings. The molecule has 2 nitrogen and oxygen atoms in total. The summed E-state index contributed by atoms with van der Waals surface area (Å²) >= 11 is 0. The first kappa shape index (κ1) is 15.3. The average Bonchev–Trinajstić information content (AvgIpc) is 2.61. The van der Waals surface area contributed by atoms with Gasteiger partial charge < -0.3 is 5.32 Å². The molecule has 3 aromatic rings. The van der Waals surface area contributed by atoms with E-state index in [0.717, 1.165) is 24.3 Å². The summed E-state index contributed by atoms with van der Waals surface area (Å²) in [5, 5.41) is 3.50. The highest BCUT2D eigenvalue weighted by molar-refractivity contribution is 5.42. The fraction of sp³-hybridized carbons (Fsp3) is 0.190. The number of benzene rings is 2. The Morgan fingerprint density at radius 1 is 0.870 bits per heavy atom. The second-order valence-corrected chi connectivity index (χ2v) is 5.80. The molecule has 0 fully saturated rings. The van der Waals surface area contributed by atoms with Crippen LogP contribution >= 0.6 is 0 Å². The van der Waals surface area contributed by atoms with Crippen molar-refractivity contribution in [1.29, 1.82) is 0 Å². The summed E-state index contributed by atoms with van der Waals surface area (Å²) in [7, 11) is 0. The van der Waals surface area contributed by atoms with E-state index in [1.54, 1.807) is 0 Å². The minimum Gasteiger partial charge on any atom is -0.385 e. The molecule has 0 bridgehead atoms. The van der Waals surface area contributed by atoms with E-state index in [1.165, 1.54) is 11.1 Å². The van der Waals surface area contributed by atoms with Gasteiger partial charge >= 0.3 is 0 Å². The molecule has 0 saturated heterocycles. The third-order valence-corrected chi connectivity index (χ3v) is 4.06. The quantitative estimate of drug-likeness (QED) is 0.691. The third kappa shape index (κ3) is 4.19. The Balaban J connectivity index is 1.74. The summed E-state index contributed by atoms with van der Waals surface area (Å²) in [5.41, 5.74) is 4.91. The van der Waals surface area contributed by atoms with Gasteiger partial charge in [-0.25, -0.2) is 0 Å². The van der Waals surface area contributed by atoms with E-state index in [2.05, 4.69) is 77.9 Å². The van der Waals surface area contributed by atoms with Crippen molar-refractivity contribution in [3.8, 4) is 0 Å². The highest BCUT2D eigenvalue weighted by Crippen LogP contribution is 2.26. The molecule has 1 unspecified atom stereocenters. The Labute approximate surface area is 138 Å². The number of para-hydroxylation sites is 1. The number of anilines is 1. The number of rotatable bonds is 6. The maximum absolute atomic E-state index is 4.58. The summed E-state index contributed by atoms with van der Waals surface area (Å²) in [4.78, 5) is 4.58. The molecule has 1 aromatic heterocycles. The lowest BCUT2D eigenvalue weighted by molar-refractivity contribution is 0.721. The van der Waals surface area contributed by atoms with Gasteiger partial charge in [0.25, 0.3) is 0 Å². The van der Waals surface area contributed by atoms with E-state index >= 15 is 0 Å². The van der Waals surface area contributed by atoms with E-state index in [1.807, 2.05) is 18.3 Å². The highest BCUT2D eigenvalue weighted by atomic mass is 14.9. The number of aromatic nitrogens is 1. The van der Waals surface area contributed by atoms with Crippen LogP contribution in [0.15, 0.2) is 79.0 Å². The van der Waals surface area contributed by atoms with Crippen LogP contribution in [-0.4, -0.2) is 11.5 Å². The predicted octanol–water partition coefficient (Wildman–Crippen LogP) is 5.02. The molecule has 116 valence electrons. The first-order valence-electron chi connectivity index (χ1n) is 8.09. The number of hydrogen-bond donors (Lipinski definition) is 1. The monoisotopic (exact) mass is 302 g/mol. The van der Waals surface area contributed by atoms with E-state index < -0.39 is 0 Å². The van der Waals surface area contributed by atoms with Crippen LogP contribution in [-0.2, 0) is 0 Å². The van der Waals surface area contributed by atoms with Crippen molar-refractivity contribution in [3.63, 3.8) is 0 Å². The van der Waals surface area contributed by atoms with Crippen LogP contribution in [0.1, 0.15) is 29.2 Å². The lowest BCUT2D eigenvalue weighted by atomic mass is 9.91. The Morgan fingerprint density at radius 2 is 1.61 bits per heavy atom. The zero-order chi connectivity index (χ0) is 15.9. The van der Waals surface area contributed by atoms with Gasteiger partial charge in [-0.3, -0.25) is 4.98 Å². The Kier molecular flexibility index (Phi) is 5.05. The smallest absolute Gasteiger partial charge is 0.0479 e. The molecule has 2 aromatic carbocycles. The minimum atomic E-state index is 0.313. The molecule has 1 heterocycles. The number of nitrogens with one attached hydrogen (secondary N) is 1. The van der Waals surface area contributed by atoms with Gasteiger partial charge in [0.05, 0.1) is 0 Å². The van der Waals surface area contributed by atoms with Crippen LogP contribution in [0.4, 0.5) is 5.69 Å². The van der Waals surface area contributed by atoms with Gasteiger partial charge in [0, 0.05) is 30.0 Å². The summed E-state index contributed by atoms with van der Waals surface area (Å²) in [6, 6.07) is 25.3. The average molecular weight is 302 g/mol. The molecule has 0 aliphatic carbocycles. The van der Waals surface area contributed by atoms with Crippen molar-refractivity contribution in [3.05, 3.63) is 95.8 Å². The largest absolute Gasteiger partial charge is 0.385 e. The number of aryl methyl sites for hydroxylation is 1. The van der Waals surface area contributed by atoms with E-state index in [4.69, 9.17) is 0 Å². The van der Waals surface area contributed by atoms with Crippen LogP contribution in [0.5, 0.6) is 0 Å². The van der Waals surface area contributed by atoms with Crippen molar-refractivity contribution in [2.75, 3.05) is 11.9 Å². The van der Waals surface area contributed by atoms with Gasteiger partial charge in [-0.2, -0.15) is 0 Å². The zero-order valence-electron chi connectivity index (χ0n) is 13.4. The molecule has 0 amide bonds. The Bertz CT molecular complexity index is 706. The molecule has 23 heavy (non-hydrogen) atoms. The zero-order valence-corrected chi connectivity index (χ0v) is 13.4. The number of nitrogens with zero attached hydrogens (tertiary/aromatic N) is 1. The lowest BCUT2D eigenvalue weighted by Crippen LogP contribution is -2.10. The Morgan fingerprint density at radius 3 is 2.30 bits per heavy atom. The van der Waals surface area contributed by atoms with Crippen molar-refractivity contribution >= 4 is 5.69 Å². The topological polar surface area (TPSA) is 24.9 Å². The van der Waals surface area contributed by atoms with Crippen LogP contribution in [0, 0.1) is 6.92 Å². The SMILES string of the molecule is Cc1ccc(C(CCNc2ccccc2)c2ccccn2)cc1. The van der Waals surface area contributed by atoms with Crippen molar-refractivity contribution < 1.29 is 0 Å². The van der Waals surface area contributed by atoms with Crippen molar-refractivity contribution in [2.24, 2.45) is 0 Å². The van der Waals surface area contributed by atoms with E-state index in [9.17, 15) is 0 Å². The van der Waals surface area contributed by atoms with Gasteiger partial charge in [0.1, 0.15) is 0 Å². The summed E-state index contributed by atoms with van der Waals surface area (Å²) in [6.07, 6.45) is 2.89. The third-order valence-electron chi connectivity index (χ3n) is 4.06. The van der Waals surface area contributed by atoms with Crippen LogP contribution in [0.2, 0.25) is 0 Å². The molecule has 0 radical (unpaired) electrons. The molecule has 1 atom stereocenters. The number of pyridine rings is 1. The first-order chi connectivity index (χ1) is 11.3. The summed E-state index contributed by atoms with van der Waals surface area (Å²) < 4.78 is 0. The predicted molar refractivity (Wildman–Crippen MR) is 96.8 cm³/mol. The fourth-order valence-corrected chi connectivity index (χ4v) is 2.78. The molecular weight excluding hydrogens is 280 g/mol. The van der Waals surface area contributed by atoms with Gasteiger partial charge in [0.2, 0.25) is 0 Å². The maximum Gasteiger partial charge on any atom is 0.0479 e. The molecule has 3 rings (SSSR count). The molecule has 2 heteroatoms. The number of hydrogen-bond acceptors (Lipinski definition) is 2. The van der Waals surface area contributed by atoms with Gasteiger partial charge in [-0.15, -0.1) is 0 Å². The van der Waals surface area contributed by atoms with Crippen LogP contribution in [0.3, 0.4) is 0 Å². The molecule has 0 spiro atoms. The van der Waals surface area contributed by atoms with Gasteiger partial charge in [-0.1, -0.05) is 54.1 Å². The van der Waals surface area contributed by atoms with E-state index in [0.29, 0.717) is 5.92 Å². The van der Waals surface area contributed by atoms with Gasteiger partial charge in [-0.05, 0) is 43.2 Å². The molecule has 1 N–H and O–H groups in total. The van der Waals surface area contributed by atoms with E-state index in [-0.39, 0.29) is 0 Å². The first-order valence-corrected chi connectivity index (χ1v) is 8.09. The second kappa shape index (κ2) is 7.59. The van der Waals surface area contributed by atoms with Crippen LogP contribution < -0.4 is 5.32 Å². The molecule has 0 aliphatic heterocycles. The Hall–Kier alpha value is -2.61. The summed E-state index contributed by atoms with van der Waals surface area (Å²) in [6.45, 7) is 3.04. The fourth-order valence-electron chi connectivity index (χ4n) is 2.78. The summed E-state index contributed by atoms with van der Waals surface area (Å²) in [5.74, 6) is 0.313. The van der Waals surface area contributed by atoms with Crippen molar-refractivity contribution in [1.82, 2.24) is 4.98 Å². The van der Waals surface area contributed by atoms with Crippen LogP contribution in [0.25, 0.3) is 0 Å². The van der Waals surface area contributed by atoms with Gasteiger partial charge in [0.15, 0.2) is 0 Å². The normalized spacial score (nSPS) is 11.9. The standard InChI is InChI=1S/C21H22N2/c1-17-10-12-18(13-11-17)20(21-9-5-6-15-23-21)14-16-22-19-7-3-2-4-8-19/h2-13,15,20,22H,14,16H2,1H3. The highest BCUT2D eigenvalue weighted by Gasteiger charge is 2.14.